The average Bonchev–Trinajstić information content (AvgIpc) is 2.84. The smallest absolute Gasteiger partial charge is 0.257 e. The van der Waals surface area contributed by atoms with Gasteiger partial charge in [0.1, 0.15) is 5.75 Å². The zero-order valence-corrected chi connectivity index (χ0v) is 10.8. The van der Waals surface area contributed by atoms with Crippen LogP contribution in [0.2, 0.25) is 0 Å². The SMILES string of the molecule is Cc1cccc(C(=O)N(C)CC2CCCO2)c1O. The molecule has 1 amide bonds. The normalized spacial score (nSPS) is 18.9. The summed E-state index contributed by atoms with van der Waals surface area (Å²) in [6.45, 7) is 3.14. The van der Waals surface area contributed by atoms with Crippen LogP contribution in [-0.4, -0.2) is 42.2 Å². The molecule has 0 radical (unpaired) electrons. The molecule has 1 aliphatic rings. The minimum Gasteiger partial charge on any atom is -0.507 e. The van der Waals surface area contributed by atoms with Crippen molar-refractivity contribution in [2.75, 3.05) is 20.2 Å². The van der Waals surface area contributed by atoms with Gasteiger partial charge in [-0.15, -0.1) is 0 Å². The van der Waals surface area contributed by atoms with E-state index in [-0.39, 0.29) is 17.8 Å². The van der Waals surface area contributed by atoms with Gasteiger partial charge in [-0.05, 0) is 31.4 Å². The fourth-order valence-corrected chi connectivity index (χ4v) is 2.21. The molecule has 18 heavy (non-hydrogen) atoms. The van der Waals surface area contributed by atoms with Crippen LogP contribution >= 0.6 is 0 Å². The van der Waals surface area contributed by atoms with Crippen LogP contribution in [0.1, 0.15) is 28.8 Å². The molecule has 1 unspecified atom stereocenters. The van der Waals surface area contributed by atoms with Gasteiger partial charge in [0.2, 0.25) is 0 Å². The van der Waals surface area contributed by atoms with Crippen LogP contribution < -0.4 is 0 Å². The number of rotatable bonds is 3. The van der Waals surface area contributed by atoms with E-state index in [9.17, 15) is 9.90 Å². The van der Waals surface area contributed by atoms with Gasteiger partial charge in [-0.25, -0.2) is 0 Å². The maximum atomic E-state index is 12.2. The highest BCUT2D eigenvalue weighted by atomic mass is 16.5. The standard InChI is InChI=1S/C14H19NO3/c1-10-5-3-7-12(13(10)16)14(17)15(2)9-11-6-4-8-18-11/h3,5,7,11,16H,4,6,8-9H2,1-2H3. The molecule has 0 saturated carbocycles. The Kier molecular flexibility index (Phi) is 3.87. The number of benzene rings is 1. The number of hydrogen-bond donors (Lipinski definition) is 1. The summed E-state index contributed by atoms with van der Waals surface area (Å²) >= 11 is 0. The van der Waals surface area contributed by atoms with Gasteiger partial charge in [-0.3, -0.25) is 4.79 Å². The number of phenols is 1. The van der Waals surface area contributed by atoms with Crippen LogP contribution in [0.3, 0.4) is 0 Å². The molecule has 0 spiro atoms. The van der Waals surface area contributed by atoms with Gasteiger partial charge in [0.25, 0.3) is 5.91 Å². The largest absolute Gasteiger partial charge is 0.507 e. The predicted molar refractivity (Wildman–Crippen MR) is 68.8 cm³/mol. The molecule has 0 aromatic heterocycles. The van der Waals surface area contributed by atoms with E-state index in [2.05, 4.69) is 0 Å². The fraction of sp³-hybridized carbons (Fsp3) is 0.500. The van der Waals surface area contributed by atoms with Crippen molar-refractivity contribution in [3.63, 3.8) is 0 Å². The van der Waals surface area contributed by atoms with E-state index < -0.39 is 0 Å². The maximum absolute atomic E-state index is 12.2. The Morgan fingerprint density at radius 2 is 2.33 bits per heavy atom. The molecular weight excluding hydrogens is 230 g/mol. The molecule has 1 aromatic carbocycles. The maximum Gasteiger partial charge on any atom is 0.257 e. The highest BCUT2D eigenvalue weighted by molar-refractivity contribution is 5.97. The monoisotopic (exact) mass is 249 g/mol. The number of carbonyl (C=O) groups is 1. The summed E-state index contributed by atoms with van der Waals surface area (Å²) in [4.78, 5) is 13.8. The number of likely N-dealkylation sites (N-methyl/N-ethyl adjacent to an activating group) is 1. The molecule has 1 atom stereocenters. The van der Waals surface area contributed by atoms with Crippen LogP contribution in [0.25, 0.3) is 0 Å². The molecule has 0 bridgehead atoms. The number of carbonyl (C=O) groups excluding carboxylic acids is 1. The van der Waals surface area contributed by atoms with Crippen LogP contribution in [0.4, 0.5) is 0 Å². The Bertz CT molecular complexity index is 439. The van der Waals surface area contributed by atoms with Crippen molar-refractivity contribution in [3.8, 4) is 5.75 Å². The lowest BCUT2D eigenvalue weighted by molar-refractivity contribution is 0.0584. The van der Waals surface area contributed by atoms with Crippen molar-refractivity contribution in [2.45, 2.75) is 25.9 Å². The molecule has 4 heteroatoms. The van der Waals surface area contributed by atoms with E-state index in [1.807, 2.05) is 0 Å². The molecule has 1 heterocycles. The topological polar surface area (TPSA) is 49.8 Å². The third-order valence-electron chi connectivity index (χ3n) is 3.32. The summed E-state index contributed by atoms with van der Waals surface area (Å²) in [6, 6.07) is 5.21. The Morgan fingerprint density at radius 1 is 1.56 bits per heavy atom. The van der Waals surface area contributed by atoms with Gasteiger partial charge >= 0.3 is 0 Å². The highest BCUT2D eigenvalue weighted by Crippen LogP contribution is 2.23. The molecule has 98 valence electrons. The number of aromatic hydroxyl groups is 1. The average molecular weight is 249 g/mol. The van der Waals surface area contributed by atoms with E-state index in [4.69, 9.17) is 4.74 Å². The minimum absolute atomic E-state index is 0.0710. The van der Waals surface area contributed by atoms with Crippen molar-refractivity contribution in [2.24, 2.45) is 0 Å². The third kappa shape index (κ3) is 2.64. The van der Waals surface area contributed by atoms with E-state index in [0.29, 0.717) is 17.7 Å². The molecule has 1 aliphatic heterocycles. The van der Waals surface area contributed by atoms with Gasteiger partial charge in [0.05, 0.1) is 11.7 Å². The van der Waals surface area contributed by atoms with Gasteiger partial charge in [-0.1, -0.05) is 12.1 Å². The number of amides is 1. The first-order chi connectivity index (χ1) is 8.59. The van der Waals surface area contributed by atoms with Crippen molar-refractivity contribution in [1.29, 1.82) is 0 Å². The van der Waals surface area contributed by atoms with Crippen molar-refractivity contribution < 1.29 is 14.6 Å². The Morgan fingerprint density at radius 3 is 3.00 bits per heavy atom. The van der Waals surface area contributed by atoms with E-state index in [1.165, 1.54) is 0 Å². The molecule has 1 N–H and O–H groups in total. The molecule has 1 fully saturated rings. The number of ether oxygens (including phenoxy) is 1. The zero-order valence-electron chi connectivity index (χ0n) is 10.8. The summed E-state index contributed by atoms with van der Waals surface area (Å²) in [5, 5.41) is 9.90. The predicted octanol–water partition coefficient (Wildman–Crippen LogP) is 1.95. The lowest BCUT2D eigenvalue weighted by Gasteiger charge is -2.21. The second-order valence-electron chi connectivity index (χ2n) is 4.79. The van der Waals surface area contributed by atoms with Crippen LogP contribution in [0, 0.1) is 6.92 Å². The lowest BCUT2D eigenvalue weighted by atomic mass is 10.1. The lowest BCUT2D eigenvalue weighted by Crippen LogP contribution is -2.34. The molecule has 1 aromatic rings. The number of para-hydroxylation sites is 1. The highest BCUT2D eigenvalue weighted by Gasteiger charge is 2.22. The molecule has 0 aliphatic carbocycles. The second kappa shape index (κ2) is 5.40. The quantitative estimate of drug-likeness (QED) is 0.890. The van der Waals surface area contributed by atoms with Crippen molar-refractivity contribution >= 4 is 5.91 Å². The van der Waals surface area contributed by atoms with Gasteiger partial charge in [0, 0.05) is 20.2 Å². The zero-order chi connectivity index (χ0) is 13.1. The van der Waals surface area contributed by atoms with E-state index in [1.54, 1.807) is 37.1 Å². The second-order valence-corrected chi connectivity index (χ2v) is 4.79. The summed E-state index contributed by atoms with van der Waals surface area (Å²) < 4.78 is 5.51. The molecular formula is C14H19NO3. The molecule has 4 nitrogen and oxygen atoms in total. The first kappa shape index (κ1) is 12.9. The summed E-state index contributed by atoms with van der Waals surface area (Å²) in [5.74, 6) is -0.0895. The Balaban J connectivity index is 2.07. The van der Waals surface area contributed by atoms with Gasteiger partial charge < -0.3 is 14.7 Å². The number of phenolic OH excluding ortho intramolecular Hbond substituents is 1. The van der Waals surface area contributed by atoms with Gasteiger partial charge in [-0.2, -0.15) is 0 Å². The summed E-state index contributed by atoms with van der Waals surface area (Å²) in [6.07, 6.45) is 2.19. The first-order valence-corrected chi connectivity index (χ1v) is 6.25. The summed E-state index contributed by atoms with van der Waals surface area (Å²) in [5.41, 5.74) is 1.07. The number of aryl methyl sites for hydroxylation is 1. The molecule has 2 rings (SSSR count). The van der Waals surface area contributed by atoms with Gasteiger partial charge in [0.15, 0.2) is 0 Å². The minimum atomic E-state index is -0.160. The van der Waals surface area contributed by atoms with E-state index in [0.717, 1.165) is 19.4 Å². The van der Waals surface area contributed by atoms with Crippen LogP contribution in [0.15, 0.2) is 18.2 Å². The molecule has 1 saturated heterocycles. The van der Waals surface area contributed by atoms with Crippen LogP contribution in [0.5, 0.6) is 5.75 Å². The third-order valence-corrected chi connectivity index (χ3v) is 3.32. The van der Waals surface area contributed by atoms with Crippen LogP contribution in [-0.2, 0) is 4.74 Å². The number of hydrogen-bond acceptors (Lipinski definition) is 3. The Labute approximate surface area is 107 Å². The van der Waals surface area contributed by atoms with E-state index >= 15 is 0 Å². The first-order valence-electron chi connectivity index (χ1n) is 6.25. The summed E-state index contributed by atoms with van der Waals surface area (Å²) in [7, 11) is 1.74. The van der Waals surface area contributed by atoms with Crippen molar-refractivity contribution in [1.82, 2.24) is 4.90 Å². The van der Waals surface area contributed by atoms with Crippen molar-refractivity contribution in [3.05, 3.63) is 29.3 Å². The Hall–Kier alpha value is -1.55. The fourth-order valence-electron chi connectivity index (χ4n) is 2.21. The number of nitrogens with zero attached hydrogens (tertiary/aromatic N) is 1.